The molecule has 1 aliphatic heterocycles. The summed E-state index contributed by atoms with van der Waals surface area (Å²) in [6, 6.07) is 1.99. The van der Waals surface area contributed by atoms with E-state index in [1.807, 2.05) is 6.07 Å². The van der Waals surface area contributed by atoms with Gasteiger partial charge in [-0.3, -0.25) is 4.98 Å². The number of hydrogen-bond donors (Lipinski definition) is 1. The molecule has 1 N–H and O–H groups in total. The van der Waals surface area contributed by atoms with Gasteiger partial charge in [0.25, 0.3) is 0 Å². The van der Waals surface area contributed by atoms with Gasteiger partial charge in [-0.25, -0.2) is 0 Å². The molecule has 0 unspecified atom stereocenters. The smallest absolute Gasteiger partial charge is 0.145 e. The first-order valence-electron chi connectivity index (χ1n) is 5.97. The number of nitrogens with one attached hydrogen (secondary N) is 1. The Kier molecular flexibility index (Phi) is 3.64. The first-order chi connectivity index (χ1) is 8.04. The number of pyridine rings is 1. The van der Waals surface area contributed by atoms with Crippen LogP contribution in [0, 0.1) is 0 Å². The van der Waals surface area contributed by atoms with Crippen LogP contribution in [0.2, 0.25) is 0 Å². The number of nitrogens with zero attached hydrogens (tertiary/aromatic N) is 1. The van der Waals surface area contributed by atoms with E-state index < -0.39 is 0 Å². The Morgan fingerprint density at radius 3 is 2.82 bits per heavy atom. The van der Waals surface area contributed by atoms with Crippen LogP contribution in [0.5, 0.6) is 5.75 Å². The summed E-state index contributed by atoms with van der Waals surface area (Å²) >= 11 is 0. The lowest BCUT2D eigenvalue weighted by Gasteiger charge is -2.28. The second-order valence-corrected chi connectivity index (χ2v) is 5.36. The minimum absolute atomic E-state index is 0.0973. The highest BCUT2D eigenvalue weighted by Crippen LogP contribution is 2.20. The Hall–Kier alpha value is -1.13. The van der Waals surface area contributed by atoms with E-state index in [9.17, 15) is 0 Å². The van der Waals surface area contributed by atoms with Gasteiger partial charge in [-0.15, -0.1) is 0 Å². The number of hydrogen-bond acceptors (Lipinski definition) is 4. The van der Waals surface area contributed by atoms with Crippen molar-refractivity contribution in [3.8, 4) is 5.75 Å². The highest BCUT2D eigenvalue weighted by atomic mass is 16.6. The number of aromatic nitrogens is 1. The maximum atomic E-state index is 5.82. The van der Waals surface area contributed by atoms with Crippen molar-refractivity contribution in [1.82, 2.24) is 10.3 Å². The summed E-state index contributed by atoms with van der Waals surface area (Å²) in [5.41, 5.74) is 1.24. The summed E-state index contributed by atoms with van der Waals surface area (Å²) in [5.74, 6) is 0.859. The van der Waals surface area contributed by atoms with Gasteiger partial charge < -0.3 is 14.8 Å². The van der Waals surface area contributed by atoms with E-state index in [4.69, 9.17) is 9.47 Å². The van der Waals surface area contributed by atoms with E-state index in [2.05, 4.69) is 31.1 Å². The molecule has 0 bridgehead atoms. The molecule has 1 aliphatic rings. The SMILES string of the molecule is CC(C)(C)NCc1ccncc1OC1COC1. The zero-order valence-corrected chi connectivity index (χ0v) is 10.7. The van der Waals surface area contributed by atoms with Crippen molar-refractivity contribution in [3.63, 3.8) is 0 Å². The quantitative estimate of drug-likeness (QED) is 0.865. The molecule has 4 nitrogen and oxygen atoms in total. The van der Waals surface area contributed by atoms with Crippen LogP contribution in [0.3, 0.4) is 0 Å². The van der Waals surface area contributed by atoms with Gasteiger partial charge in [-0.1, -0.05) is 0 Å². The third kappa shape index (κ3) is 3.68. The average molecular weight is 236 g/mol. The Bertz CT molecular complexity index is 370. The summed E-state index contributed by atoms with van der Waals surface area (Å²) < 4.78 is 10.9. The fourth-order valence-corrected chi connectivity index (χ4v) is 1.48. The highest BCUT2D eigenvalue weighted by Gasteiger charge is 2.21. The van der Waals surface area contributed by atoms with Crippen LogP contribution in [0.4, 0.5) is 0 Å². The molecule has 0 amide bonds. The minimum atomic E-state index is 0.0973. The van der Waals surface area contributed by atoms with Crippen LogP contribution in [-0.2, 0) is 11.3 Å². The first kappa shape index (κ1) is 12.3. The Morgan fingerprint density at radius 1 is 1.47 bits per heavy atom. The molecular weight excluding hydrogens is 216 g/mol. The van der Waals surface area contributed by atoms with Crippen LogP contribution in [-0.4, -0.2) is 29.8 Å². The predicted molar refractivity (Wildman–Crippen MR) is 66.1 cm³/mol. The van der Waals surface area contributed by atoms with E-state index in [1.54, 1.807) is 12.4 Å². The Labute approximate surface area is 102 Å². The van der Waals surface area contributed by atoms with Crippen molar-refractivity contribution in [2.75, 3.05) is 13.2 Å². The molecule has 1 aromatic rings. The topological polar surface area (TPSA) is 43.4 Å². The first-order valence-corrected chi connectivity index (χ1v) is 5.97. The molecule has 1 aromatic heterocycles. The van der Waals surface area contributed by atoms with Crippen molar-refractivity contribution >= 4 is 0 Å². The van der Waals surface area contributed by atoms with Crippen LogP contribution < -0.4 is 10.1 Å². The van der Waals surface area contributed by atoms with E-state index in [1.165, 1.54) is 0 Å². The molecule has 1 fully saturated rings. The fourth-order valence-electron chi connectivity index (χ4n) is 1.48. The third-order valence-corrected chi connectivity index (χ3v) is 2.58. The summed E-state index contributed by atoms with van der Waals surface area (Å²) in [5, 5.41) is 3.45. The largest absolute Gasteiger partial charge is 0.484 e. The summed E-state index contributed by atoms with van der Waals surface area (Å²) in [7, 11) is 0. The fraction of sp³-hybridized carbons (Fsp3) is 0.615. The van der Waals surface area contributed by atoms with Gasteiger partial charge >= 0.3 is 0 Å². The van der Waals surface area contributed by atoms with Gasteiger partial charge in [0, 0.05) is 23.8 Å². The summed E-state index contributed by atoms with van der Waals surface area (Å²) in [6.07, 6.45) is 3.76. The Morgan fingerprint density at radius 2 is 2.24 bits per heavy atom. The van der Waals surface area contributed by atoms with E-state index in [-0.39, 0.29) is 11.6 Å². The second-order valence-electron chi connectivity index (χ2n) is 5.36. The highest BCUT2D eigenvalue weighted by molar-refractivity contribution is 5.30. The van der Waals surface area contributed by atoms with E-state index >= 15 is 0 Å². The van der Waals surface area contributed by atoms with Gasteiger partial charge in [-0.2, -0.15) is 0 Å². The Balaban J connectivity index is 1.99. The lowest BCUT2D eigenvalue weighted by atomic mass is 10.1. The zero-order chi connectivity index (χ0) is 12.3. The van der Waals surface area contributed by atoms with Crippen molar-refractivity contribution < 1.29 is 9.47 Å². The summed E-state index contributed by atoms with van der Waals surface area (Å²) in [6.45, 7) is 8.59. The normalized spacial score (nSPS) is 16.6. The zero-order valence-electron chi connectivity index (χ0n) is 10.7. The molecule has 0 saturated carbocycles. The van der Waals surface area contributed by atoms with Crippen molar-refractivity contribution in [3.05, 3.63) is 24.0 Å². The van der Waals surface area contributed by atoms with Crippen LogP contribution in [0.25, 0.3) is 0 Å². The third-order valence-electron chi connectivity index (χ3n) is 2.58. The second kappa shape index (κ2) is 5.02. The molecule has 0 aromatic carbocycles. The minimum Gasteiger partial charge on any atom is -0.484 e. The lowest BCUT2D eigenvalue weighted by molar-refractivity contribution is -0.0801. The van der Waals surface area contributed by atoms with E-state index in [0.717, 1.165) is 17.9 Å². The average Bonchev–Trinajstić information content (AvgIpc) is 2.21. The predicted octanol–water partition coefficient (Wildman–Crippen LogP) is 1.75. The molecule has 2 heterocycles. The molecule has 94 valence electrons. The van der Waals surface area contributed by atoms with Gasteiger partial charge in [0.15, 0.2) is 0 Å². The number of rotatable bonds is 4. The monoisotopic (exact) mass is 236 g/mol. The summed E-state index contributed by atoms with van der Waals surface area (Å²) in [4.78, 5) is 4.11. The maximum Gasteiger partial charge on any atom is 0.145 e. The van der Waals surface area contributed by atoms with Crippen molar-refractivity contribution in [1.29, 1.82) is 0 Å². The molecule has 0 spiro atoms. The van der Waals surface area contributed by atoms with Gasteiger partial charge in [0.1, 0.15) is 11.9 Å². The molecule has 17 heavy (non-hydrogen) atoms. The lowest BCUT2D eigenvalue weighted by Crippen LogP contribution is -2.39. The van der Waals surface area contributed by atoms with Crippen LogP contribution in [0.15, 0.2) is 18.5 Å². The van der Waals surface area contributed by atoms with Gasteiger partial charge in [0.2, 0.25) is 0 Å². The van der Waals surface area contributed by atoms with Crippen molar-refractivity contribution in [2.24, 2.45) is 0 Å². The standard InChI is InChI=1S/C13H20N2O2/c1-13(2,3)15-6-10-4-5-14-7-12(10)17-11-8-16-9-11/h4-5,7,11,15H,6,8-9H2,1-3H3. The molecule has 0 atom stereocenters. The molecule has 1 saturated heterocycles. The maximum absolute atomic E-state index is 5.82. The van der Waals surface area contributed by atoms with E-state index in [0.29, 0.717) is 13.2 Å². The van der Waals surface area contributed by atoms with Crippen LogP contribution >= 0.6 is 0 Å². The molecule has 2 rings (SSSR count). The molecule has 4 heteroatoms. The van der Waals surface area contributed by atoms with Crippen molar-refractivity contribution in [2.45, 2.75) is 39.0 Å². The molecule has 0 aliphatic carbocycles. The molecule has 0 radical (unpaired) electrons. The van der Waals surface area contributed by atoms with Crippen LogP contribution in [0.1, 0.15) is 26.3 Å². The van der Waals surface area contributed by atoms with Gasteiger partial charge in [0.05, 0.1) is 19.4 Å². The molecular formula is C13H20N2O2. The number of ether oxygens (including phenoxy) is 2. The van der Waals surface area contributed by atoms with Gasteiger partial charge in [-0.05, 0) is 26.8 Å².